The van der Waals surface area contributed by atoms with E-state index in [0.29, 0.717) is 30.3 Å². The Hall–Kier alpha value is -2.91. The molecule has 0 amide bonds. The lowest BCUT2D eigenvalue weighted by atomic mass is 10.1. The zero-order chi connectivity index (χ0) is 20.1. The van der Waals surface area contributed by atoms with Crippen molar-refractivity contribution < 1.29 is 32.2 Å². The van der Waals surface area contributed by atoms with Gasteiger partial charge in [0, 0.05) is 12.0 Å². The van der Waals surface area contributed by atoms with Crippen LogP contribution in [-0.4, -0.2) is 47.0 Å². The van der Waals surface area contributed by atoms with Gasteiger partial charge in [0.1, 0.15) is 0 Å². The van der Waals surface area contributed by atoms with E-state index in [9.17, 15) is 18.0 Å². The molecule has 0 aliphatic carbocycles. The Bertz CT molecular complexity index is 1000. The molecular weight excluding hydrogens is 386 g/mol. The van der Waals surface area contributed by atoms with Crippen molar-refractivity contribution >= 4 is 21.8 Å². The minimum atomic E-state index is -3.69. The third-order valence-electron chi connectivity index (χ3n) is 4.05. The monoisotopic (exact) mass is 405 g/mol. The molecule has 9 heteroatoms. The highest BCUT2D eigenvalue weighted by molar-refractivity contribution is 7.89. The molecule has 2 aromatic rings. The summed E-state index contributed by atoms with van der Waals surface area (Å²) >= 11 is 0. The highest BCUT2D eigenvalue weighted by Crippen LogP contribution is 2.30. The highest BCUT2D eigenvalue weighted by atomic mass is 32.2. The first kappa shape index (κ1) is 19.8. The molecule has 1 N–H and O–H groups in total. The smallest absolute Gasteiger partial charge is 0.338 e. The van der Waals surface area contributed by atoms with Gasteiger partial charge in [0.05, 0.1) is 23.7 Å². The Morgan fingerprint density at radius 3 is 2.54 bits per heavy atom. The number of esters is 1. The van der Waals surface area contributed by atoms with Crippen molar-refractivity contribution in [1.82, 2.24) is 4.72 Å². The van der Waals surface area contributed by atoms with Crippen LogP contribution < -0.4 is 14.2 Å². The Labute approximate surface area is 162 Å². The topological polar surface area (TPSA) is 108 Å². The van der Waals surface area contributed by atoms with Gasteiger partial charge in [-0.05, 0) is 43.4 Å². The van der Waals surface area contributed by atoms with Crippen LogP contribution in [0.3, 0.4) is 0 Å². The summed E-state index contributed by atoms with van der Waals surface area (Å²) in [7, 11) is -2.42. The van der Waals surface area contributed by atoms with Crippen molar-refractivity contribution in [3.05, 3.63) is 53.6 Å². The summed E-state index contributed by atoms with van der Waals surface area (Å²) in [5.74, 6) is -0.174. The van der Waals surface area contributed by atoms with Crippen LogP contribution in [-0.2, 0) is 14.8 Å². The molecule has 28 heavy (non-hydrogen) atoms. The SMILES string of the molecule is CNS(=O)(=O)c1cccc(C(=O)OCC(=O)c2ccc3c(c2)OCCCO3)c1. The third kappa shape index (κ3) is 4.49. The fourth-order valence-corrected chi connectivity index (χ4v) is 3.32. The molecule has 1 heterocycles. The molecule has 0 unspecified atom stereocenters. The molecule has 0 aromatic heterocycles. The van der Waals surface area contributed by atoms with E-state index in [2.05, 4.69) is 4.72 Å². The number of ketones is 1. The van der Waals surface area contributed by atoms with Gasteiger partial charge in [0.2, 0.25) is 10.0 Å². The Kier molecular flexibility index (Phi) is 5.96. The maximum Gasteiger partial charge on any atom is 0.338 e. The summed E-state index contributed by atoms with van der Waals surface area (Å²) in [5, 5.41) is 0. The second kappa shape index (κ2) is 8.41. The lowest BCUT2D eigenvalue weighted by Gasteiger charge is -2.09. The third-order valence-corrected chi connectivity index (χ3v) is 5.46. The maximum absolute atomic E-state index is 12.3. The Morgan fingerprint density at radius 1 is 1.04 bits per heavy atom. The number of carbonyl (C=O) groups is 2. The average molecular weight is 405 g/mol. The molecule has 8 nitrogen and oxygen atoms in total. The number of hydrogen-bond donors (Lipinski definition) is 1. The van der Waals surface area contributed by atoms with Gasteiger partial charge in [-0.15, -0.1) is 0 Å². The van der Waals surface area contributed by atoms with Crippen LogP contribution in [0.1, 0.15) is 27.1 Å². The van der Waals surface area contributed by atoms with Crippen LogP contribution >= 0.6 is 0 Å². The standard InChI is InChI=1S/C19H19NO7S/c1-20-28(23,24)15-5-2-4-14(10-15)19(22)27-12-16(21)13-6-7-17-18(11-13)26-9-3-8-25-17/h2,4-7,10-11,20H,3,8-9,12H2,1H3. The summed E-state index contributed by atoms with van der Waals surface area (Å²) in [4.78, 5) is 24.5. The van der Waals surface area contributed by atoms with Crippen molar-refractivity contribution in [3.63, 3.8) is 0 Å². The molecule has 0 saturated carbocycles. The molecule has 0 spiro atoms. The van der Waals surface area contributed by atoms with E-state index in [0.717, 1.165) is 6.42 Å². The van der Waals surface area contributed by atoms with Gasteiger partial charge in [0.15, 0.2) is 23.9 Å². The average Bonchev–Trinajstić information content (AvgIpc) is 2.96. The number of fused-ring (bicyclic) bond motifs is 1. The predicted molar refractivity (Wildman–Crippen MR) is 99.3 cm³/mol. The van der Waals surface area contributed by atoms with E-state index in [-0.39, 0.29) is 10.5 Å². The van der Waals surface area contributed by atoms with E-state index in [1.807, 2.05) is 0 Å². The van der Waals surface area contributed by atoms with E-state index in [4.69, 9.17) is 14.2 Å². The zero-order valence-electron chi connectivity index (χ0n) is 15.1. The van der Waals surface area contributed by atoms with E-state index < -0.39 is 28.4 Å². The lowest BCUT2D eigenvalue weighted by molar-refractivity contribution is 0.0474. The number of carbonyl (C=O) groups excluding carboxylic acids is 2. The molecule has 1 aliphatic heterocycles. The summed E-state index contributed by atoms with van der Waals surface area (Å²) < 4.78 is 41.9. The van der Waals surface area contributed by atoms with Crippen molar-refractivity contribution in [1.29, 1.82) is 0 Å². The van der Waals surface area contributed by atoms with Gasteiger partial charge in [-0.3, -0.25) is 4.79 Å². The number of rotatable bonds is 6. The normalized spacial score (nSPS) is 13.5. The van der Waals surface area contributed by atoms with E-state index in [1.165, 1.54) is 31.3 Å². The van der Waals surface area contributed by atoms with Crippen LogP contribution in [0, 0.1) is 0 Å². The highest BCUT2D eigenvalue weighted by Gasteiger charge is 2.18. The quantitative estimate of drug-likeness (QED) is 0.577. The molecular formula is C19H19NO7S. The second-order valence-corrected chi connectivity index (χ2v) is 7.83. The first-order valence-corrected chi connectivity index (χ1v) is 10.0. The number of nitrogens with one attached hydrogen (secondary N) is 1. The molecule has 0 atom stereocenters. The van der Waals surface area contributed by atoms with Crippen LogP contribution in [0.4, 0.5) is 0 Å². The van der Waals surface area contributed by atoms with Crippen molar-refractivity contribution in [2.75, 3.05) is 26.9 Å². The molecule has 0 fully saturated rings. The summed E-state index contributed by atoms with van der Waals surface area (Å²) in [6, 6.07) is 10.1. The number of sulfonamides is 1. The number of hydrogen-bond acceptors (Lipinski definition) is 7. The van der Waals surface area contributed by atoms with Gasteiger partial charge >= 0.3 is 5.97 Å². The molecule has 0 saturated heterocycles. The molecule has 1 aliphatic rings. The first-order chi connectivity index (χ1) is 13.4. The number of ether oxygens (including phenoxy) is 3. The molecule has 0 radical (unpaired) electrons. The number of Topliss-reactive ketones (excluding diaryl/α,β-unsaturated/α-hetero) is 1. The van der Waals surface area contributed by atoms with Gasteiger partial charge in [-0.25, -0.2) is 17.9 Å². The van der Waals surface area contributed by atoms with Gasteiger partial charge in [-0.1, -0.05) is 6.07 Å². The second-order valence-electron chi connectivity index (χ2n) is 5.95. The fourth-order valence-electron chi connectivity index (χ4n) is 2.54. The predicted octanol–water partition coefficient (Wildman–Crippen LogP) is 1.80. The summed E-state index contributed by atoms with van der Waals surface area (Å²) in [6.07, 6.45) is 0.748. The fraction of sp³-hybridized carbons (Fsp3) is 0.263. The minimum absolute atomic E-state index is 0.0304. The van der Waals surface area contributed by atoms with Gasteiger partial charge < -0.3 is 14.2 Å². The van der Waals surface area contributed by atoms with Crippen LogP contribution in [0.2, 0.25) is 0 Å². The van der Waals surface area contributed by atoms with Crippen LogP contribution in [0.15, 0.2) is 47.4 Å². The largest absolute Gasteiger partial charge is 0.490 e. The van der Waals surface area contributed by atoms with Crippen molar-refractivity contribution in [2.24, 2.45) is 0 Å². The molecule has 3 rings (SSSR count). The van der Waals surface area contributed by atoms with E-state index >= 15 is 0 Å². The van der Waals surface area contributed by atoms with Crippen molar-refractivity contribution in [3.8, 4) is 11.5 Å². The van der Waals surface area contributed by atoms with E-state index in [1.54, 1.807) is 18.2 Å². The number of benzene rings is 2. The Morgan fingerprint density at radius 2 is 1.79 bits per heavy atom. The first-order valence-electron chi connectivity index (χ1n) is 8.54. The molecule has 0 bridgehead atoms. The zero-order valence-corrected chi connectivity index (χ0v) is 16.0. The molecule has 2 aromatic carbocycles. The van der Waals surface area contributed by atoms with Gasteiger partial charge in [0.25, 0.3) is 0 Å². The minimum Gasteiger partial charge on any atom is -0.490 e. The summed E-state index contributed by atoms with van der Waals surface area (Å²) in [6.45, 7) is 0.549. The van der Waals surface area contributed by atoms with Crippen LogP contribution in [0.5, 0.6) is 11.5 Å². The van der Waals surface area contributed by atoms with Gasteiger partial charge in [-0.2, -0.15) is 0 Å². The van der Waals surface area contributed by atoms with Crippen LogP contribution in [0.25, 0.3) is 0 Å². The maximum atomic E-state index is 12.3. The lowest BCUT2D eigenvalue weighted by Crippen LogP contribution is -2.19. The Balaban J connectivity index is 1.67. The summed E-state index contributed by atoms with van der Waals surface area (Å²) in [5.41, 5.74) is 0.353. The molecule has 148 valence electrons. The van der Waals surface area contributed by atoms with Crippen molar-refractivity contribution in [2.45, 2.75) is 11.3 Å².